The average Bonchev–Trinajstić information content (AvgIpc) is 2.15. The van der Waals surface area contributed by atoms with Gasteiger partial charge in [0, 0.05) is 0 Å². The van der Waals surface area contributed by atoms with Crippen LogP contribution in [-0.2, 0) is 6.18 Å². The number of benzene rings is 1. The molecule has 1 N–H and O–H groups in total. The van der Waals surface area contributed by atoms with Gasteiger partial charge < -0.3 is 0 Å². The molecule has 0 aliphatic heterocycles. The first-order chi connectivity index (χ1) is 6.86. The molecule has 0 aliphatic rings. The fourth-order valence-corrected chi connectivity index (χ4v) is 1.38. The molecule has 84 valence electrons. The first kappa shape index (κ1) is 11.8. The Bertz CT molecular complexity index is 389. The van der Waals surface area contributed by atoms with Gasteiger partial charge in [0.05, 0.1) is 0 Å². The van der Waals surface area contributed by atoms with E-state index in [2.05, 4.69) is 0 Å². The van der Waals surface area contributed by atoms with Gasteiger partial charge in [-0.1, -0.05) is 0 Å². The Morgan fingerprint density at radius 3 is 2.40 bits per heavy atom. The topological polar surface area (TPSA) is 46.5 Å². The zero-order valence-corrected chi connectivity index (χ0v) is 9.63. The van der Waals surface area contributed by atoms with Crippen LogP contribution in [0, 0.1) is 0 Å². The fourth-order valence-electron chi connectivity index (χ4n) is 1.04. The predicted octanol–water partition coefficient (Wildman–Crippen LogP) is 2.04. The first-order valence-electron chi connectivity index (χ1n) is 3.85. The number of rotatable bonds is 2. The number of hydrogen-bond donors (Lipinski definition) is 1. The van der Waals surface area contributed by atoms with Crippen molar-refractivity contribution in [2.45, 2.75) is 6.18 Å². The molecule has 0 radical (unpaired) electrons. The third-order valence-corrected chi connectivity index (χ3v) is 2.20. The zero-order valence-electron chi connectivity index (χ0n) is 7.63. The number of alkyl halides is 3. The van der Waals surface area contributed by atoms with Crippen LogP contribution in [0.2, 0.25) is 0 Å². The number of aromatic carboxylic acids is 1. The van der Waals surface area contributed by atoms with E-state index in [-0.39, 0.29) is 20.8 Å². The molecule has 0 atom stereocenters. The predicted molar refractivity (Wildman–Crippen MR) is 51.5 cm³/mol. The van der Waals surface area contributed by atoms with Gasteiger partial charge in [0.15, 0.2) is 0 Å². The Balaban J connectivity index is 3.25. The molecule has 0 fully saturated rings. The van der Waals surface area contributed by atoms with Crippen molar-refractivity contribution in [1.82, 2.24) is 0 Å². The summed E-state index contributed by atoms with van der Waals surface area (Å²) < 4.78 is 41.4. The first-order valence-corrected chi connectivity index (χ1v) is 4.66. The monoisotopic (exact) mass is 240 g/mol. The van der Waals surface area contributed by atoms with E-state index < -0.39 is 17.7 Å². The van der Waals surface area contributed by atoms with Gasteiger partial charge in [-0.05, 0) is 0 Å². The summed E-state index contributed by atoms with van der Waals surface area (Å²) in [6, 6.07) is 2.29. The number of halogens is 3. The maximum atomic E-state index is 12.2. The Morgan fingerprint density at radius 1 is 1.40 bits per heavy atom. The molecule has 1 aromatic carbocycles. The number of carboxylic acids is 1. The zero-order chi connectivity index (χ0) is 11.6. The Hall–Kier alpha value is -1.29. The van der Waals surface area contributed by atoms with E-state index in [4.69, 9.17) is 9.63 Å². The molecule has 0 saturated heterocycles. The van der Waals surface area contributed by atoms with Crippen LogP contribution in [-0.4, -0.2) is 11.1 Å². The molecule has 0 spiro atoms. The van der Waals surface area contributed by atoms with E-state index in [9.17, 15) is 18.0 Å². The van der Waals surface area contributed by atoms with Gasteiger partial charge in [0.2, 0.25) is 0 Å². The van der Waals surface area contributed by atoms with Crippen LogP contribution in [0.1, 0.15) is 15.9 Å². The number of hydrogen-bond acceptors (Lipinski definition) is 2. The van der Waals surface area contributed by atoms with Crippen LogP contribution in [0.15, 0.2) is 18.2 Å². The summed E-state index contributed by atoms with van der Waals surface area (Å²) in [5.41, 5.74) is -1.18. The van der Waals surface area contributed by atoms with Crippen LogP contribution >= 0.6 is 9.47 Å². The summed E-state index contributed by atoms with van der Waals surface area (Å²) in [5.74, 6) is -1.56. The molecule has 0 saturated carbocycles. The summed E-state index contributed by atoms with van der Waals surface area (Å²) >= 11 is 0. The van der Waals surface area contributed by atoms with Gasteiger partial charge in [-0.2, -0.15) is 0 Å². The quantitative estimate of drug-likeness (QED) is 0.804. The molecule has 1 aromatic rings. The van der Waals surface area contributed by atoms with Crippen molar-refractivity contribution >= 4 is 15.4 Å². The molecule has 7 heteroatoms. The minimum atomic E-state index is -4.49. The fraction of sp³-hybridized carbons (Fsp3) is 0.125. The van der Waals surface area contributed by atoms with Gasteiger partial charge >= 0.3 is 84.3 Å². The molecule has 0 heterocycles. The van der Waals surface area contributed by atoms with Crippen LogP contribution < -0.4 is 4.52 Å². The second kappa shape index (κ2) is 4.06. The summed E-state index contributed by atoms with van der Waals surface area (Å²) in [4.78, 5) is 10.6. The standard InChI is InChI=1S/C8H8F3O3P/c9-8(10,11)4-1-2-5(7(12)13)6(3-4)14-15/h1-3H,15H4,(H,12,13). The van der Waals surface area contributed by atoms with Crippen LogP contribution in [0.5, 0.6) is 5.75 Å². The normalized spacial score (nSPS) is 11.3. The average molecular weight is 240 g/mol. The van der Waals surface area contributed by atoms with Crippen molar-refractivity contribution in [2.75, 3.05) is 0 Å². The van der Waals surface area contributed by atoms with Crippen LogP contribution in [0.4, 0.5) is 13.2 Å². The van der Waals surface area contributed by atoms with Gasteiger partial charge in [-0.3, -0.25) is 0 Å². The van der Waals surface area contributed by atoms with Crippen molar-refractivity contribution < 1.29 is 27.6 Å². The molecule has 0 aliphatic carbocycles. The van der Waals surface area contributed by atoms with Crippen molar-refractivity contribution in [3.05, 3.63) is 29.3 Å². The van der Waals surface area contributed by atoms with Crippen LogP contribution in [0.3, 0.4) is 0 Å². The number of carbonyl (C=O) groups is 1. The molecule has 15 heavy (non-hydrogen) atoms. The van der Waals surface area contributed by atoms with Gasteiger partial charge in [0.25, 0.3) is 0 Å². The van der Waals surface area contributed by atoms with Crippen molar-refractivity contribution in [1.29, 1.82) is 0 Å². The van der Waals surface area contributed by atoms with Gasteiger partial charge in [-0.15, -0.1) is 0 Å². The van der Waals surface area contributed by atoms with Crippen molar-refractivity contribution in [3.8, 4) is 5.75 Å². The van der Waals surface area contributed by atoms with E-state index in [0.29, 0.717) is 12.1 Å². The molecular formula is C8H8F3O3P. The van der Waals surface area contributed by atoms with E-state index >= 15 is 0 Å². The summed E-state index contributed by atoms with van der Waals surface area (Å²) in [6.45, 7) is 0. The van der Waals surface area contributed by atoms with Crippen LogP contribution in [0.25, 0.3) is 0 Å². The third-order valence-electron chi connectivity index (χ3n) is 1.76. The van der Waals surface area contributed by atoms with Gasteiger partial charge in [-0.25, -0.2) is 0 Å². The molecule has 0 bridgehead atoms. The van der Waals surface area contributed by atoms with E-state index in [0.717, 1.165) is 6.07 Å². The second-order valence-electron chi connectivity index (χ2n) is 2.72. The second-order valence-corrected chi connectivity index (χ2v) is 3.13. The molecule has 0 aromatic heterocycles. The summed E-state index contributed by atoms with van der Waals surface area (Å²) in [5, 5.41) is 8.64. The van der Waals surface area contributed by atoms with Crippen molar-refractivity contribution in [2.24, 2.45) is 0 Å². The summed E-state index contributed by atoms with van der Waals surface area (Å²) in [7, 11) is 0.125. The van der Waals surface area contributed by atoms with Gasteiger partial charge in [0.1, 0.15) is 0 Å². The third kappa shape index (κ3) is 2.59. The number of carboxylic acid groups (broad SMARTS) is 1. The SMILES string of the molecule is O=C(O)c1ccc(C(F)(F)F)cc1O[PH4]. The molecule has 3 nitrogen and oxygen atoms in total. The Morgan fingerprint density at radius 2 is 2.00 bits per heavy atom. The van der Waals surface area contributed by atoms with E-state index in [1.54, 1.807) is 0 Å². The van der Waals surface area contributed by atoms with Crippen molar-refractivity contribution in [3.63, 3.8) is 0 Å². The Labute approximate surface area is 85.1 Å². The molecule has 0 unspecified atom stereocenters. The minimum absolute atomic E-state index is 0.125. The molecular weight excluding hydrogens is 232 g/mol. The molecule has 1 rings (SSSR count). The Kier molecular flexibility index (Phi) is 3.19. The maximum absolute atomic E-state index is 12.2. The van der Waals surface area contributed by atoms with E-state index in [1.807, 2.05) is 0 Å². The summed E-state index contributed by atoms with van der Waals surface area (Å²) in [6.07, 6.45) is -4.49. The molecule has 0 amide bonds. The van der Waals surface area contributed by atoms with E-state index in [1.165, 1.54) is 0 Å².